The Kier molecular flexibility index (Phi) is 6.12. The molecule has 2 rings (SSSR count). The van der Waals surface area contributed by atoms with Gasteiger partial charge in [0.1, 0.15) is 6.54 Å². The summed E-state index contributed by atoms with van der Waals surface area (Å²) in [5.41, 5.74) is -1.22. The van der Waals surface area contributed by atoms with Crippen LogP contribution in [0.15, 0.2) is 12.1 Å². The second-order valence-electron chi connectivity index (χ2n) is 6.53. The molecule has 0 atom stereocenters. The molecule has 0 saturated carbocycles. The zero-order valence-electron chi connectivity index (χ0n) is 15.2. The van der Waals surface area contributed by atoms with Gasteiger partial charge in [-0.3, -0.25) is 14.5 Å². The fraction of sp³-hybridized carbons (Fsp3) is 0.588. The number of rotatable bonds is 8. The molecular weight excluding hydrogens is 342 g/mol. The van der Waals surface area contributed by atoms with Gasteiger partial charge in [-0.05, 0) is 36.2 Å². The number of amides is 1. The Morgan fingerprint density at radius 1 is 1.35 bits per heavy atom. The number of esters is 1. The lowest BCUT2D eigenvalue weighted by molar-refractivity contribution is -0.389. The molecule has 9 heteroatoms. The quantitative estimate of drug-likeness (QED) is 0.301. The summed E-state index contributed by atoms with van der Waals surface area (Å²) >= 11 is 0. The van der Waals surface area contributed by atoms with Crippen molar-refractivity contribution in [2.24, 2.45) is 0 Å². The molecule has 0 aromatic carbocycles. The van der Waals surface area contributed by atoms with Crippen LogP contribution in [0.3, 0.4) is 0 Å². The van der Waals surface area contributed by atoms with E-state index in [9.17, 15) is 19.7 Å². The Morgan fingerprint density at radius 3 is 2.73 bits per heavy atom. The van der Waals surface area contributed by atoms with Crippen molar-refractivity contribution in [2.75, 3.05) is 18.1 Å². The van der Waals surface area contributed by atoms with Crippen molar-refractivity contribution in [1.82, 2.24) is 4.98 Å². The Balaban J connectivity index is 2.15. The second kappa shape index (κ2) is 8.11. The average Bonchev–Trinajstić information content (AvgIpc) is 2.58. The van der Waals surface area contributed by atoms with Crippen molar-refractivity contribution in [2.45, 2.75) is 52.1 Å². The predicted octanol–water partition coefficient (Wildman–Crippen LogP) is 2.62. The lowest BCUT2D eigenvalue weighted by Crippen LogP contribution is -2.54. The van der Waals surface area contributed by atoms with E-state index in [1.807, 2.05) is 0 Å². The minimum absolute atomic E-state index is 0.0496. The Bertz CT molecular complexity index is 704. The first-order chi connectivity index (χ1) is 12.3. The summed E-state index contributed by atoms with van der Waals surface area (Å²) in [7, 11) is 0. The van der Waals surface area contributed by atoms with E-state index in [2.05, 4.69) is 11.9 Å². The molecule has 0 radical (unpaired) electrons. The SMILES string of the molecule is CCCCCCOC(=O)CN1C(=O)C(C)(C)Oc2ccc([N+](=O)[O-])nc21. The molecule has 0 saturated heterocycles. The molecule has 1 amide bonds. The summed E-state index contributed by atoms with van der Waals surface area (Å²) in [5.74, 6) is -1.38. The molecule has 1 aliphatic heterocycles. The van der Waals surface area contributed by atoms with Crippen LogP contribution in [0.2, 0.25) is 0 Å². The van der Waals surface area contributed by atoms with E-state index in [4.69, 9.17) is 9.47 Å². The van der Waals surface area contributed by atoms with Crippen LogP contribution < -0.4 is 9.64 Å². The van der Waals surface area contributed by atoms with E-state index in [1.54, 1.807) is 13.8 Å². The summed E-state index contributed by atoms with van der Waals surface area (Å²) < 4.78 is 10.7. The summed E-state index contributed by atoms with van der Waals surface area (Å²) in [4.78, 5) is 40.0. The first-order valence-electron chi connectivity index (χ1n) is 8.58. The molecule has 0 unspecified atom stereocenters. The summed E-state index contributed by atoms with van der Waals surface area (Å²) in [6.07, 6.45) is 3.85. The third-order valence-corrected chi connectivity index (χ3v) is 3.94. The van der Waals surface area contributed by atoms with Crippen LogP contribution in [-0.4, -0.2) is 40.5 Å². The van der Waals surface area contributed by atoms with Gasteiger partial charge in [0.25, 0.3) is 11.7 Å². The van der Waals surface area contributed by atoms with Gasteiger partial charge in [0, 0.05) is 6.07 Å². The summed E-state index contributed by atoms with van der Waals surface area (Å²) in [6, 6.07) is 2.56. The lowest BCUT2D eigenvalue weighted by Gasteiger charge is -2.35. The number of nitrogens with zero attached hydrogens (tertiary/aromatic N) is 3. The molecule has 1 aromatic rings. The van der Waals surface area contributed by atoms with Gasteiger partial charge in [0.05, 0.1) is 6.61 Å². The minimum atomic E-state index is -1.22. The van der Waals surface area contributed by atoms with Crippen LogP contribution in [0.1, 0.15) is 46.5 Å². The van der Waals surface area contributed by atoms with Crippen LogP contribution in [0.4, 0.5) is 11.6 Å². The monoisotopic (exact) mass is 365 g/mol. The van der Waals surface area contributed by atoms with E-state index in [0.717, 1.165) is 30.6 Å². The maximum absolute atomic E-state index is 12.6. The molecule has 2 heterocycles. The van der Waals surface area contributed by atoms with E-state index < -0.39 is 28.2 Å². The smallest absolute Gasteiger partial charge is 0.366 e. The maximum atomic E-state index is 12.6. The van der Waals surface area contributed by atoms with Gasteiger partial charge in [0.2, 0.25) is 0 Å². The Morgan fingerprint density at radius 2 is 2.08 bits per heavy atom. The zero-order chi connectivity index (χ0) is 19.3. The molecule has 1 aliphatic rings. The number of aromatic nitrogens is 1. The minimum Gasteiger partial charge on any atom is -0.472 e. The molecule has 0 spiro atoms. The Labute approximate surface area is 151 Å². The topological polar surface area (TPSA) is 112 Å². The number of carbonyl (C=O) groups excluding carboxylic acids is 2. The van der Waals surface area contributed by atoms with Gasteiger partial charge < -0.3 is 19.6 Å². The normalized spacial score (nSPS) is 15.2. The highest BCUT2D eigenvalue weighted by Crippen LogP contribution is 2.37. The first kappa shape index (κ1) is 19.6. The van der Waals surface area contributed by atoms with Gasteiger partial charge >= 0.3 is 11.8 Å². The van der Waals surface area contributed by atoms with E-state index in [1.165, 1.54) is 12.1 Å². The number of fused-ring (bicyclic) bond motifs is 1. The molecule has 26 heavy (non-hydrogen) atoms. The molecular formula is C17H23N3O6. The van der Waals surface area contributed by atoms with Gasteiger partial charge in [-0.2, -0.15) is 0 Å². The zero-order valence-corrected chi connectivity index (χ0v) is 15.2. The van der Waals surface area contributed by atoms with Crippen LogP contribution in [0.25, 0.3) is 0 Å². The molecule has 0 aliphatic carbocycles. The summed E-state index contributed by atoms with van der Waals surface area (Å²) in [6.45, 7) is 5.10. The highest BCUT2D eigenvalue weighted by Gasteiger charge is 2.45. The number of anilines is 1. The molecule has 0 N–H and O–H groups in total. The second-order valence-corrected chi connectivity index (χ2v) is 6.53. The van der Waals surface area contributed by atoms with Crippen molar-refractivity contribution in [3.8, 4) is 5.75 Å². The van der Waals surface area contributed by atoms with Crippen molar-refractivity contribution >= 4 is 23.5 Å². The molecule has 0 bridgehead atoms. The highest BCUT2D eigenvalue weighted by atomic mass is 16.6. The summed E-state index contributed by atoms with van der Waals surface area (Å²) in [5, 5.41) is 11.0. The number of unbranched alkanes of at least 4 members (excludes halogenated alkanes) is 3. The predicted molar refractivity (Wildman–Crippen MR) is 93.1 cm³/mol. The molecule has 142 valence electrons. The van der Waals surface area contributed by atoms with E-state index in [0.29, 0.717) is 0 Å². The number of pyridine rings is 1. The third-order valence-electron chi connectivity index (χ3n) is 3.94. The van der Waals surface area contributed by atoms with E-state index >= 15 is 0 Å². The molecule has 0 fully saturated rings. The fourth-order valence-electron chi connectivity index (χ4n) is 2.58. The number of ether oxygens (including phenoxy) is 2. The number of hydrogen-bond acceptors (Lipinski definition) is 7. The Hall–Kier alpha value is -2.71. The first-order valence-corrected chi connectivity index (χ1v) is 8.58. The molecule has 9 nitrogen and oxygen atoms in total. The van der Waals surface area contributed by atoms with E-state index in [-0.39, 0.29) is 24.7 Å². The van der Waals surface area contributed by atoms with Crippen LogP contribution in [0.5, 0.6) is 5.75 Å². The lowest BCUT2D eigenvalue weighted by atomic mass is 10.1. The van der Waals surface area contributed by atoms with Crippen LogP contribution >= 0.6 is 0 Å². The number of nitro groups is 1. The maximum Gasteiger partial charge on any atom is 0.366 e. The van der Waals surface area contributed by atoms with Gasteiger partial charge in [-0.25, -0.2) is 0 Å². The van der Waals surface area contributed by atoms with Gasteiger partial charge in [-0.15, -0.1) is 0 Å². The van der Waals surface area contributed by atoms with Crippen molar-refractivity contribution in [3.05, 3.63) is 22.2 Å². The largest absolute Gasteiger partial charge is 0.472 e. The van der Waals surface area contributed by atoms with Crippen LogP contribution in [0, 0.1) is 10.1 Å². The average molecular weight is 365 g/mol. The van der Waals surface area contributed by atoms with Gasteiger partial charge in [-0.1, -0.05) is 26.2 Å². The fourth-order valence-corrected chi connectivity index (χ4v) is 2.58. The van der Waals surface area contributed by atoms with Crippen molar-refractivity contribution in [3.63, 3.8) is 0 Å². The number of hydrogen-bond donors (Lipinski definition) is 0. The van der Waals surface area contributed by atoms with Crippen molar-refractivity contribution < 1.29 is 24.0 Å². The van der Waals surface area contributed by atoms with Crippen molar-refractivity contribution in [1.29, 1.82) is 0 Å². The standard InChI is InChI=1S/C17H23N3O6/c1-4-5-6-7-10-25-14(21)11-19-15-12(26-17(2,3)16(19)22)8-9-13(18-15)20(23)24/h8-9H,4-7,10-11H2,1-3H3. The molecule has 1 aromatic heterocycles. The highest BCUT2D eigenvalue weighted by molar-refractivity contribution is 6.04. The van der Waals surface area contributed by atoms with Crippen LogP contribution in [-0.2, 0) is 14.3 Å². The third kappa shape index (κ3) is 4.47. The number of carbonyl (C=O) groups is 2. The van der Waals surface area contributed by atoms with Gasteiger partial charge in [0.15, 0.2) is 11.4 Å².